The van der Waals surface area contributed by atoms with E-state index in [1.807, 2.05) is 24.3 Å². The van der Waals surface area contributed by atoms with Crippen LogP contribution in [0.4, 0.5) is 0 Å². The van der Waals surface area contributed by atoms with Crippen LogP contribution < -0.4 is 5.32 Å². The van der Waals surface area contributed by atoms with Gasteiger partial charge in [-0.1, -0.05) is 39.3 Å². The fraction of sp³-hybridized carbons (Fsp3) is 0.167. The molecule has 0 aliphatic rings. The van der Waals surface area contributed by atoms with Crippen molar-refractivity contribution >= 4 is 21.8 Å². The zero-order valence-electron chi connectivity index (χ0n) is 9.24. The Hall–Kier alpha value is -1.62. The van der Waals surface area contributed by atoms with Gasteiger partial charge in [-0.15, -0.1) is 0 Å². The summed E-state index contributed by atoms with van der Waals surface area (Å²) in [6.45, 7) is 2.23. The molecule has 0 unspecified atom stereocenters. The van der Waals surface area contributed by atoms with Gasteiger partial charge in [0.05, 0.1) is 6.20 Å². The third-order valence-corrected chi connectivity index (χ3v) is 3.13. The second-order valence-electron chi connectivity index (χ2n) is 3.61. The Morgan fingerprint density at radius 2 is 2.24 bits per heavy atom. The minimum Gasteiger partial charge on any atom is -0.351 e. The summed E-state index contributed by atoms with van der Waals surface area (Å²) in [6.07, 6.45) is 1.52. The first-order valence-corrected chi connectivity index (χ1v) is 5.90. The van der Waals surface area contributed by atoms with Gasteiger partial charge in [-0.05, 0) is 18.6 Å². The van der Waals surface area contributed by atoms with Gasteiger partial charge in [0.1, 0.15) is 0 Å². The molecule has 0 spiro atoms. The van der Waals surface area contributed by atoms with Gasteiger partial charge in [-0.3, -0.25) is 4.79 Å². The summed E-state index contributed by atoms with van der Waals surface area (Å²) in [7, 11) is 0. The summed E-state index contributed by atoms with van der Waals surface area (Å²) in [5, 5.41) is 6.35. The number of aromatic nitrogens is 1. The molecule has 5 heteroatoms. The molecule has 1 N–H and O–H groups in total. The van der Waals surface area contributed by atoms with Crippen molar-refractivity contribution in [2.45, 2.75) is 13.5 Å². The average molecular weight is 295 g/mol. The molecule has 0 fully saturated rings. The van der Waals surface area contributed by atoms with Crippen LogP contribution in [0.5, 0.6) is 0 Å². The van der Waals surface area contributed by atoms with Crippen molar-refractivity contribution in [1.82, 2.24) is 10.5 Å². The van der Waals surface area contributed by atoms with Crippen molar-refractivity contribution in [1.29, 1.82) is 0 Å². The number of amides is 1. The fourth-order valence-electron chi connectivity index (χ4n) is 1.41. The Morgan fingerprint density at radius 3 is 2.88 bits per heavy atom. The standard InChI is InChI=1S/C12H11BrN2O2/c1-8-6-15-17-11(8)12(16)14-7-9-4-2-3-5-10(9)13/h2-6H,7H2,1H3,(H,14,16). The van der Waals surface area contributed by atoms with Crippen LogP contribution in [0, 0.1) is 6.92 Å². The number of nitrogens with zero attached hydrogens (tertiary/aromatic N) is 1. The van der Waals surface area contributed by atoms with Crippen LogP contribution in [0.2, 0.25) is 0 Å². The first kappa shape index (κ1) is 11.9. The molecule has 1 heterocycles. The van der Waals surface area contributed by atoms with E-state index in [0.29, 0.717) is 6.54 Å². The van der Waals surface area contributed by atoms with Crippen LogP contribution in [0.15, 0.2) is 39.5 Å². The molecule has 0 radical (unpaired) electrons. The molecule has 1 amide bonds. The molecule has 4 nitrogen and oxygen atoms in total. The lowest BCUT2D eigenvalue weighted by Gasteiger charge is -2.05. The predicted octanol–water partition coefficient (Wildman–Crippen LogP) is 2.68. The van der Waals surface area contributed by atoms with Crippen molar-refractivity contribution in [3.05, 3.63) is 51.8 Å². The van der Waals surface area contributed by atoms with E-state index in [2.05, 4.69) is 26.4 Å². The molecule has 0 aliphatic heterocycles. The number of hydrogen-bond acceptors (Lipinski definition) is 3. The zero-order valence-corrected chi connectivity index (χ0v) is 10.8. The number of halogens is 1. The third kappa shape index (κ3) is 2.74. The van der Waals surface area contributed by atoms with Crippen LogP contribution in [0.1, 0.15) is 21.7 Å². The Morgan fingerprint density at radius 1 is 1.47 bits per heavy atom. The highest BCUT2D eigenvalue weighted by Gasteiger charge is 2.13. The second kappa shape index (κ2) is 5.14. The van der Waals surface area contributed by atoms with Gasteiger partial charge in [0.15, 0.2) is 0 Å². The molecule has 0 saturated carbocycles. The van der Waals surface area contributed by atoms with Crippen molar-refractivity contribution < 1.29 is 9.32 Å². The highest BCUT2D eigenvalue weighted by atomic mass is 79.9. The molecule has 0 bridgehead atoms. The fourth-order valence-corrected chi connectivity index (χ4v) is 1.83. The van der Waals surface area contributed by atoms with Crippen LogP contribution >= 0.6 is 15.9 Å². The maximum Gasteiger partial charge on any atom is 0.290 e. The van der Waals surface area contributed by atoms with Gasteiger partial charge in [0.2, 0.25) is 5.76 Å². The van der Waals surface area contributed by atoms with E-state index in [9.17, 15) is 4.79 Å². The molecule has 1 aromatic heterocycles. The van der Waals surface area contributed by atoms with Crippen LogP contribution in [0.25, 0.3) is 0 Å². The summed E-state index contributed by atoms with van der Waals surface area (Å²) in [6, 6.07) is 7.72. The summed E-state index contributed by atoms with van der Waals surface area (Å²) in [5.74, 6) is 0.00723. The number of carbonyl (C=O) groups excluding carboxylic acids is 1. The van der Waals surface area contributed by atoms with Gasteiger partial charge in [-0.2, -0.15) is 0 Å². The van der Waals surface area contributed by atoms with E-state index >= 15 is 0 Å². The number of carbonyl (C=O) groups is 1. The van der Waals surface area contributed by atoms with E-state index < -0.39 is 0 Å². The maximum atomic E-state index is 11.8. The van der Waals surface area contributed by atoms with Gasteiger partial charge >= 0.3 is 0 Å². The topological polar surface area (TPSA) is 55.1 Å². The van der Waals surface area contributed by atoms with Gasteiger partial charge < -0.3 is 9.84 Å². The Labute approximate surface area is 107 Å². The Kier molecular flexibility index (Phi) is 3.58. The molecule has 0 atom stereocenters. The maximum absolute atomic E-state index is 11.8. The lowest BCUT2D eigenvalue weighted by Crippen LogP contribution is -2.23. The Bertz CT molecular complexity index is 537. The van der Waals surface area contributed by atoms with Crippen molar-refractivity contribution in [3.63, 3.8) is 0 Å². The van der Waals surface area contributed by atoms with Crippen LogP contribution in [0.3, 0.4) is 0 Å². The van der Waals surface area contributed by atoms with Gasteiger partial charge in [-0.25, -0.2) is 0 Å². The predicted molar refractivity (Wildman–Crippen MR) is 66.6 cm³/mol. The van der Waals surface area contributed by atoms with Crippen molar-refractivity contribution in [3.8, 4) is 0 Å². The minimum atomic E-state index is -0.254. The van der Waals surface area contributed by atoms with Crippen LogP contribution in [-0.4, -0.2) is 11.1 Å². The lowest BCUT2D eigenvalue weighted by atomic mass is 10.2. The number of benzene rings is 1. The van der Waals surface area contributed by atoms with Crippen molar-refractivity contribution in [2.24, 2.45) is 0 Å². The van der Waals surface area contributed by atoms with Crippen LogP contribution in [-0.2, 0) is 6.54 Å². The highest BCUT2D eigenvalue weighted by Crippen LogP contribution is 2.15. The minimum absolute atomic E-state index is 0.254. The van der Waals surface area contributed by atoms with E-state index in [0.717, 1.165) is 15.6 Å². The zero-order chi connectivity index (χ0) is 12.3. The van der Waals surface area contributed by atoms with E-state index in [1.165, 1.54) is 6.20 Å². The smallest absolute Gasteiger partial charge is 0.290 e. The van der Waals surface area contributed by atoms with E-state index in [4.69, 9.17) is 4.52 Å². The summed E-state index contributed by atoms with van der Waals surface area (Å²) in [4.78, 5) is 11.8. The molecule has 0 aliphatic carbocycles. The quantitative estimate of drug-likeness (QED) is 0.947. The molecule has 1 aromatic carbocycles. The highest BCUT2D eigenvalue weighted by molar-refractivity contribution is 9.10. The molecule has 2 aromatic rings. The first-order chi connectivity index (χ1) is 8.18. The summed E-state index contributed by atoms with van der Waals surface area (Å²) in [5.41, 5.74) is 1.74. The van der Waals surface area contributed by atoms with E-state index in [-0.39, 0.29) is 11.7 Å². The summed E-state index contributed by atoms with van der Waals surface area (Å²) >= 11 is 3.42. The molecule has 0 saturated heterocycles. The SMILES string of the molecule is Cc1cnoc1C(=O)NCc1ccccc1Br. The molecule has 17 heavy (non-hydrogen) atoms. The lowest BCUT2D eigenvalue weighted by molar-refractivity contribution is 0.0913. The van der Waals surface area contributed by atoms with Crippen molar-refractivity contribution in [2.75, 3.05) is 0 Å². The summed E-state index contributed by atoms with van der Waals surface area (Å²) < 4.78 is 5.84. The number of aryl methyl sites for hydroxylation is 1. The second-order valence-corrected chi connectivity index (χ2v) is 4.47. The molecule has 2 rings (SSSR count). The first-order valence-electron chi connectivity index (χ1n) is 5.11. The Balaban J connectivity index is 2.02. The monoisotopic (exact) mass is 294 g/mol. The average Bonchev–Trinajstić information content (AvgIpc) is 2.74. The molecule has 88 valence electrons. The molecular formula is C12H11BrN2O2. The normalized spacial score (nSPS) is 10.2. The van der Waals surface area contributed by atoms with Gasteiger partial charge in [0, 0.05) is 16.6 Å². The number of hydrogen-bond donors (Lipinski definition) is 1. The number of rotatable bonds is 3. The van der Waals surface area contributed by atoms with Gasteiger partial charge in [0.25, 0.3) is 5.91 Å². The molecular weight excluding hydrogens is 284 g/mol. The largest absolute Gasteiger partial charge is 0.351 e. The number of nitrogens with one attached hydrogen (secondary N) is 1. The third-order valence-electron chi connectivity index (χ3n) is 2.35. The van der Waals surface area contributed by atoms with E-state index in [1.54, 1.807) is 6.92 Å².